The number of β-amino-alcohol motifs (C(OH)–C–C–N with tert-alkyl or cyclic N) is 1. The van der Waals surface area contributed by atoms with Crippen LogP contribution < -0.4 is 15.8 Å². The van der Waals surface area contributed by atoms with Crippen LogP contribution in [-0.4, -0.2) is 63.2 Å². The molecule has 1 unspecified atom stereocenters. The number of hydrogen-bond donors (Lipinski definition) is 3. The van der Waals surface area contributed by atoms with Crippen LogP contribution in [0.2, 0.25) is 11.3 Å². The molecule has 1 saturated heterocycles. The quantitative estimate of drug-likeness (QED) is 0.501. The lowest BCUT2D eigenvalue weighted by molar-refractivity contribution is 0.0899. The third-order valence-electron chi connectivity index (χ3n) is 4.56. The maximum Gasteiger partial charge on any atom is 0.255 e. The van der Waals surface area contributed by atoms with Crippen molar-refractivity contribution in [1.29, 1.82) is 0 Å². The zero-order valence-corrected chi connectivity index (χ0v) is 15.3. The molecular formula is C17H25BClN3O3. The van der Waals surface area contributed by atoms with Crippen molar-refractivity contribution in [2.24, 2.45) is 5.92 Å². The molecule has 25 heavy (non-hydrogen) atoms. The van der Waals surface area contributed by atoms with Gasteiger partial charge in [0.15, 0.2) is 0 Å². The number of aliphatic hydroxyl groups excluding tert-OH is 1. The molecule has 0 saturated carbocycles. The van der Waals surface area contributed by atoms with Gasteiger partial charge in [-0.05, 0) is 37.9 Å². The van der Waals surface area contributed by atoms with E-state index in [2.05, 4.69) is 10.2 Å². The van der Waals surface area contributed by atoms with Crippen LogP contribution in [0.4, 0.5) is 5.69 Å². The average Bonchev–Trinajstić information content (AvgIpc) is 2.62. The van der Waals surface area contributed by atoms with E-state index in [1.165, 1.54) is 13.2 Å². The minimum absolute atomic E-state index is 0.222. The van der Waals surface area contributed by atoms with Gasteiger partial charge in [-0.15, -0.1) is 0 Å². The number of piperidine rings is 1. The molecule has 1 fully saturated rings. The minimum atomic E-state index is -0.473. The number of nitrogens with one attached hydrogen (secondary N) is 1. The first-order chi connectivity index (χ1) is 11.9. The predicted octanol–water partition coefficient (Wildman–Crippen LogP) is 1.32. The molecule has 1 aromatic carbocycles. The molecule has 0 bridgehead atoms. The Morgan fingerprint density at radius 2 is 2.20 bits per heavy atom. The number of anilines is 1. The van der Waals surface area contributed by atoms with Crippen LogP contribution in [-0.2, 0) is 0 Å². The maximum atomic E-state index is 12.4. The van der Waals surface area contributed by atoms with E-state index < -0.39 is 6.10 Å². The van der Waals surface area contributed by atoms with Crippen molar-refractivity contribution >= 4 is 31.0 Å². The van der Waals surface area contributed by atoms with Crippen molar-refractivity contribution < 1.29 is 14.6 Å². The molecule has 1 amide bonds. The summed E-state index contributed by atoms with van der Waals surface area (Å²) in [6.07, 6.45) is 1.75. The monoisotopic (exact) mass is 365 g/mol. The van der Waals surface area contributed by atoms with Crippen LogP contribution >= 0.6 is 11.6 Å². The highest BCUT2D eigenvalue weighted by molar-refractivity contribution is 6.33. The number of benzene rings is 1. The second-order valence-corrected chi connectivity index (χ2v) is 6.82. The molecule has 1 aromatic rings. The lowest BCUT2D eigenvalue weighted by Gasteiger charge is -2.33. The van der Waals surface area contributed by atoms with Crippen molar-refractivity contribution in [2.75, 3.05) is 39.0 Å². The number of hydrogen-bond acceptors (Lipinski definition) is 5. The number of likely N-dealkylation sites (tertiary alicyclic amines) is 1. The number of rotatable bonds is 7. The molecule has 1 aliphatic heterocycles. The summed E-state index contributed by atoms with van der Waals surface area (Å²) in [4.78, 5) is 14.6. The first-order valence-corrected chi connectivity index (χ1v) is 8.84. The van der Waals surface area contributed by atoms with Gasteiger partial charge in [0.05, 0.1) is 37.3 Å². The fourth-order valence-corrected chi connectivity index (χ4v) is 3.16. The summed E-state index contributed by atoms with van der Waals surface area (Å²) in [7, 11) is 6.94. The van der Waals surface area contributed by atoms with E-state index in [1.54, 1.807) is 6.07 Å². The Bertz CT molecular complexity index is 595. The van der Waals surface area contributed by atoms with Crippen LogP contribution in [0.1, 0.15) is 23.2 Å². The maximum absolute atomic E-state index is 12.4. The highest BCUT2D eigenvalue weighted by Crippen LogP contribution is 2.29. The van der Waals surface area contributed by atoms with E-state index in [0.717, 1.165) is 25.9 Å². The number of nitrogens with zero attached hydrogens (tertiary/aromatic N) is 1. The van der Waals surface area contributed by atoms with Gasteiger partial charge in [-0.3, -0.25) is 4.79 Å². The van der Waals surface area contributed by atoms with E-state index in [9.17, 15) is 9.90 Å². The Balaban J connectivity index is 1.84. The van der Waals surface area contributed by atoms with E-state index in [1.807, 2.05) is 0 Å². The van der Waals surface area contributed by atoms with Gasteiger partial charge in [0.1, 0.15) is 5.75 Å². The van der Waals surface area contributed by atoms with Gasteiger partial charge < -0.3 is 25.8 Å². The summed E-state index contributed by atoms with van der Waals surface area (Å²) >= 11 is 6.01. The molecule has 8 heteroatoms. The van der Waals surface area contributed by atoms with E-state index in [-0.39, 0.29) is 12.2 Å². The topological polar surface area (TPSA) is 87.8 Å². The van der Waals surface area contributed by atoms with E-state index in [4.69, 9.17) is 29.9 Å². The number of nitrogen functional groups attached to an aromatic ring is 1. The van der Waals surface area contributed by atoms with Gasteiger partial charge in [0, 0.05) is 19.2 Å². The summed E-state index contributed by atoms with van der Waals surface area (Å²) in [6, 6.07) is 3.08. The zero-order chi connectivity index (χ0) is 18.4. The largest absolute Gasteiger partial charge is 0.496 e. The third kappa shape index (κ3) is 5.52. The normalized spacial score (nSPS) is 17.2. The molecule has 0 aromatic heterocycles. The molecule has 1 atom stereocenters. The third-order valence-corrected chi connectivity index (χ3v) is 4.89. The molecule has 1 aliphatic rings. The smallest absolute Gasteiger partial charge is 0.255 e. The number of aliphatic hydroxyl groups is 1. The Hall–Kier alpha value is -1.44. The number of ether oxygens (including phenoxy) is 1. The SMILES string of the molecule is [B]CC(O)CN1CCC(CNC(=O)c2cc(Cl)c(N)cc2OC)CC1. The lowest BCUT2D eigenvalue weighted by atomic mass is 9.94. The summed E-state index contributed by atoms with van der Waals surface area (Å²) in [6.45, 7) is 3.00. The molecular weight excluding hydrogens is 340 g/mol. The van der Waals surface area contributed by atoms with Crippen LogP contribution in [0.25, 0.3) is 0 Å². The first-order valence-electron chi connectivity index (χ1n) is 8.46. The standard InChI is InChI=1S/C17H25BClN3O3/c1-25-16-7-15(20)14(19)6-13(16)17(24)21-9-11-2-4-22(5-3-11)10-12(23)8-18/h6-7,11-12,23H,2-5,8-10,20H2,1H3,(H,21,24). The van der Waals surface area contributed by atoms with Crippen molar-refractivity contribution in [3.63, 3.8) is 0 Å². The van der Waals surface area contributed by atoms with Crippen LogP contribution in [0.5, 0.6) is 5.75 Å². The predicted molar refractivity (Wildman–Crippen MR) is 100 cm³/mol. The van der Waals surface area contributed by atoms with Crippen molar-refractivity contribution in [3.8, 4) is 5.75 Å². The van der Waals surface area contributed by atoms with E-state index in [0.29, 0.717) is 41.0 Å². The second kappa shape index (κ2) is 9.31. The number of amides is 1. The Morgan fingerprint density at radius 3 is 2.80 bits per heavy atom. The number of carbonyl (C=O) groups is 1. The van der Waals surface area contributed by atoms with Crippen LogP contribution in [0, 0.1) is 5.92 Å². The second-order valence-electron chi connectivity index (χ2n) is 6.42. The Kier molecular flexibility index (Phi) is 7.41. The summed E-state index contributed by atoms with van der Waals surface area (Å²) < 4.78 is 5.22. The highest BCUT2D eigenvalue weighted by Gasteiger charge is 2.22. The number of methoxy groups -OCH3 is 1. The van der Waals surface area contributed by atoms with Crippen molar-refractivity contribution in [2.45, 2.75) is 25.3 Å². The van der Waals surface area contributed by atoms with Crippen molar-refractivity contribution in [1.82, 2.24) is 10.2 Å². The fraction of sp³-hybridized carbons (Fsp3) is 0.588. The Labute approximate surface area is 155 Å². The van der Waals surface area contributed by atoms with Gasteiger partial charge in [-0.25, -0.2) is 0 Å². The number of halogens is 1. The average molecular weight is 366 g/mol. The van der Waals surface area contributed by atoms with Gasteiger partial charge in [-0.2, -0.15) is 0 Å². The summed E-state index contributed by atoms with van der Waals surface area (Å²) in [5, 5.41) is 12.9. The first kappa shape index (κ1) is 19.9. The summed E-state index contributed by atoms with van der Waals surface area (Å²) in [5.41, 5.74) is 6.50. The van der Waals surface area contributed by atoms with Crippen LogP contribution in [0.15, 0.2) is 12.1 Å². The molecule has 0 spiro atoms. The molecule has 2 rings (SSSR count). The Morgan fingerprint density at radius 1 is 1.52 bits per heavy atom. The van der Waals surface area contributed by atoms with Crippen LogP contribution in [0.3, 0.4) is 0 Å². The van der Waals surface area contributed by atoms with Gasteiger partial charge >= 0.3 is 0 Å². The number of nitrogens with two attached hydrogens (primary N) is 1. The van der Waals surface area contributed by atoms with Gasteiger partial charge in [0.2, 0.25) is 0 Å². The molecule has 6 nitrogen and oxygen atoms in total. The zero-order valence-electron chi connectivity index (χ0n) is 14.5. The lowest BCUT2D eigenvalue weighted by Crippen LogP contribution is -2.41. The van der Waals surface area contributed by atoms with Crippen molar-refractivity contribution in [3.05, 3.63) is 22.7 Å². The van der Waals surface area contributed by atoms with E-state index >= 15 is 0 Å². The highest BCUT2D eigenvalue weighted by atomic mass is 35.5. The minimum Gasteiger partial charge on any atom is -0.496 e. The fourth-order valence-electron chi connectivity index (χ4n) is 2.99. The van der Waals surface area contributed by atoms with Gasteiger partial charge in [0.25, 0.3) is 5.91 Å². The molecule has 4 N–H and O–H groups in total. The molecule has 2 radical (unpaired) electrons. The summed E-state index contributed by atoms with van der Waals surface area (Å²) in [5.74, 6) is 0.593. The molecule has 0 aliphatic carbocycles. The molecule has 136 valence electrons. The number of carbonyl (C=O) groups excluding carboxylic acids is 1. The van der Waals surface area contributed by atoms with Gasteiger partial charge in [-0.1, -0.05) is 17.9 Å². The molecule has 1 heterocycles.